The minimum Gasteiger partial charge on any atom is -0.387 e. The van der Waals surface area contributed by atoms with Crippen LogP contribution in [0.5, 0.6) is 0 Å². The topological polar surface area (TPSA) is 75.1 Å². The minimum atomic E-state index is -0.616. The van der Waals surface area contributed by atoms with E-state index in [0.29, 0.717) is 17.9 Å². The minimum absolute atomic E-state index is 0.0338. The van der Waals surface area contributed by atoms with E-state index in [2.05, 4.69) is 15.3 Å². The molecule has 0 radical (unpaired) electrons. The Morgan fingerprint density at radius 1 is 1.08 bits per heavy atom. The Kier molecular flexibility index (Phi) is 5.16. The van der Waals surface area contributed by atoms with Gasteiger partial charge in [-0.25, -0.2) is 9.97 Å². The van der Waals surface area contributed by atoms with Crippen LogP contribution >= 0.6 is 0 Å². The van der Waals surface area contributed by atoms with Crippen molar-refractivity contribution in [1.29, 1.82) is 0 Å². The smallest absolute Gasteiger partial charge is 0.159 e. The van der Waals surface area contributed by atoms with Crippen LogP contribution < -0.4 is 5.32 Å². The van der Waals surface area contributed by atoms with Gasteiger partial charge in [-0.1, -0.05) is 54.6 Å². The molecule has 1 heterocycles. The quantitative estimate of drug-likeness (QED) is 0.675. The third-order valence-corrected chi connectivity index (χ3v) is 3.92. The molecule has 0 saturated carbocycles. The van der Waals surface area contributed by atoms with Gasteiger partial charge >= 0.3 is 0 Å². The first kappa shape index (κ1) is 16.8. The van der Waals surface area contributed by atoms with Crippen LogP contribution in [0, 0.1) is 0 Å². The Morgan fingerprint density at radius 2 is 1.80 bits per heavy atom. The van der Waals surface area contributed by atoms with E-state index in [1.165, 1.54) is 6.33 Å². The molecule has 2 N–H and O–H groups in total. The normalized spacial score (nSPS) is 11.8. The first-order chi connectivity index (χ1) is 12.1. The molecule has 0 amide bonds. The standard InChI is InChI=1S/C20H19N3O2/c1-14(24)15-7-9-16(10-8-15)18-11-20(23-13-22-18)21-12-19(25)17-5-3-2-4-6-17/h2-11,13,19,25H,12H2,1H3,(H,21,22,23)/t19-/m1/s1. The highest BCUT2D eigenvalue weighted by Gasteiger charge is 2.08. The molecule has 3 rings (SSSR count). The molecule has 2 aromatic carbocycles. The molecule has 1 atom stereocenters. The lowest BCUT2D eigenvalue weighted by Gasteiger charge is -2.13. The maximum atomic E-state index is 11.4. The summed E-state index contributed by atoms with van der Waals surface area (Å²) in [6.07, 6.45) is 0.861. The van der Waals surface area contributed by atoms with Crippen molar-refractivity contribution in [2.45, 2.75) is 13.0 Å². The number of rotatable bonds is 6. The maximum absolute atomic E-state index is 11.4. The second-order valence-electron chi connectivity index (χ2n) is 5.73. The molecule has 1 aromatic heterocycles. The Labute approximate surface area is 146 Å². The fraction of sp³-hybridized carbons (Fsp3) is 0.150. The van der Waals surface area contributed by atoms with E-state index >= 15 is 0 Å². The summed E-state index contributed by atoms with van der Waals surface area (Å²) in [5.74, 6) is 0.669. The van der Waals surface area contributed by atoms with E-state index in [1.54, 1.807) is 19.1 Å². The number of carbonyl (C=O) groups is 1. The number of hydrogen-bond acceptors (Lipinski definition) is 5. The lowest BCUT2D eigenvalue weighted by Crippen LogP contribution is -2.13. The van der Waals surface area contributed by atoms with Crippen LogP contribution in [-0.2, 0) is 0 Å². The van der Waals surface area contributed by atoms with Crippen molar-refractivity contribution in [3.8, 4) is 11.3 Å². The van der Waals surface area contributed by atoms with Crippen LogP contribution in [-0.4, -0.2) is 27.4 Å². The van der Waals surface area contributed by atoms with Gasteiger partial charge < -0.3 is 10.4 Å². The van der Waals surface area contributed by atoms with Crippen molar-refractivity contribution in [3.05, 3.63) is 78.1 Å². The average molecular weight is 333 g/mol. The van der Waals surface area contributed by atoms with Gasteiger partial charge in [0.2, 0.25) is 0 Å². The van der Waals surface area contributed by atoms with Gasteiger partial charge in [0.15, 0.2) is 5.78 Å². The van der Waals surface area contributed by atoms with E-state index in [0.717, 1.165) is 16.8 Å². The van der Waals surface area contributed by atoms with E-state index in [-0.39, 0.29) is 5.78 Å². The third kappa shape index (κ3) is 4.28. The molecule has 5 heteroatoms. The number of Topliss-reactive ketones (excluding diaryl/α,β-unsaturated/α-hetero) is 1. The zero-order valence-electron chi connectivity index (χ0n) is 13.9. The molecule has 0 unspecified atom stereocenters. The van der Waals surface area contributed by atoms with Crippen LogP contribution in [0.2, 0.25) is 0 Å². The average Bonchev–Trinajstić information content (AvgIpc) is 2.67. The van der Waals surface area contributed by atoms with Gasteiger partial charge in [0.25, 0.3) is 0 Å². The van der Waals surface area contributed by atoms with Crippen molar-refractivity contribution < 1.29 is 9.90 Å². The summed E-state index contributed by atoms with van der Waals surface area (Å²) in [6, 6.07) is 18.6. The Morgan fingerprint density at radius 3 is 2.48 bits per heavy atom. The van der Waals surface area contributed by atoms with E-state index in [4.69, 9.17) is 0 Å². The van der Waals surface area contributed by atoms with Gasteiger partial charge in [-0.05, 0) is 12.5 Å². The highest BCUT2D eigenvalue weighted by molar-refractivity contribution is 5.94. The maximum Gasteiger partial charge on any atom is 0.159 e. The number of benzene rings is 2. The first-order valence-corrected chi connectivity index (χ1v) is 8.04. The van der Waals surface area contributed by atoms with Crippen molar-refractivity contribution >= 4 is 11.6 Å². The molecule has 0 aliphatic rings. The Balaban J connectivity index is 1.70. The number of nitrogens with one attached hydrogen (secondary N) is 1. The number of carbonyl (C=O) groups excluding carboxylic acids is 1. The van der Waals surface area contributed by atoms with Gasteiger partial charge in [-0.15, -0.1) is 0 Å². The van der Waals surface area contributed by atoms with Crippen molar-refractivity contribution in [1.82, 2.24) is 9.97 Å². The zero-order valence-corrected chi connectivity index (χ0v) is 13.9. The van der Waals surface area contributed by atoms with E-state index in [9.17, 15) is 9.90 Å². The highest BCUT2D eigenvalue weighted by atomic mass is 16.3. The monoisotopic (exact) mass is 333 g/mol. The van der Waals surface area contributed by atoms with Crippen molar-refractivity contribution in [2.75, 3.05) is 11.9 Å². The highest BCUT2D eigenvalue weighted by Crippen LogP contribution is 2.20. The summed E-state index contributed by atoms with van der Waals surface area (Å²) in [7, 11) is 0. The molecule has 0 spiro atoms. The summed E-state index contributed by atoms with van der Waals surface area (Å²) in [5, 5.41) is 13.3. The van der Waals surface area contributed by atoms with Crippen LogP contribution in [0.1, 0.15) is 28.9 Å². The number of aromatic nitrogens is 2. The summed E-state index contributed by atoms with van der Waals surface area (Å²) in [6.45, 7) is 1.89. The van der Waals surface area contributed by atoms with E-state index < -0.39 is 6.10 Å². The third-order valence-electron chi connectivity index (χ3n) is 3.92. The van der Waals surface area contributed by atoms with Gasteiger partial charge in [0.1, 0.15) is 12.1 Å². The summed E-state index contributed by atoms with van der Waals surface area (Å²) in [5.41, 5.74) is 3.17. The SMILES string of the molecule is CC(=O)c1ccc(-c2cc(NC[C@@H](O)c3ccccc3)ncn2)cc1. The van der Waals surface area contributed by atoms with E-state index in [1.807, 2.05) is 48.5 Å². The summed E-state index contributed by atoms with van der Waals surface area (Å²) < 4.78 is 0. The Bertz CT molecular complexity index is 848. The number of aliphatic hydroxyl groups is 1. The first-order valence-electron chi connectivity index (χ1n) is 8.04. The molecule has 25 heavy (non-hydrogen) atoms. The molecule has 0 bridgehead atoms. The van der Waals surface area contributed by atoms with Crippen LogP contribution in [0.4, 0.5) is 5.82 Å². The molecule has 3 aromatic rings. The fourth-order valence-corrected chi connectivity index (χ4v) is 2.48. The number of ketones is 1. The number of hydrogen-bond donors (Lipinski definition) is 2. The van der Waals surface area contributed by atoms with Gasteiger partial charge in [0.05, 0.1) is 11.8 Å². The predicted octanol–water partition coefficient (Wildman–Crippen LogP) is 3.49. The number of aliphatic hydroxyl groups excluding tert-OH is 1. The van der Waals surface area contributed by atoms with Gasteiger partial charge in [-0.2, -0.15) is 0 Å². The fourth-order valence-electron chi connectivity index (χ4n) is 2.48. The second-order valence-corrected chi connectivity index (χ2v) is 5.73. The summed E-state index contributed by atoms with van der Waals surface area (Å²) in [4.78, 5) is 19.8. The molecule has 0 aliphatic heterocycles. The number of anilines is 1. The van der Waals surface area contributed by atoms with Crippen LogP contribution in [0.25, 0.3) is 11.3 Å². The van der Waals surface area contributed by atoms with Crippen LogP contribution in [0.3, 0.4) is 0 Å². The molecule has 0 aliphatic carbocycles. The number of nitrogens with zero attached hydrogens (tertiary/aromatic N) is 2. The van der Waals surface area contributed by atoms with Crippen molar-refractivity contribution in [2.24, 2.45) is 0 Å². The summed E-state index contributed by atoms with van der Waals surface area (Å²) >= 11 is 0. The lowest BCUT2D eigenvalue weighted by molar-refractivity contribution is 0.101. The van der Waals surface area contributed by atoms with Crippen LogP contribution in [0.15, 0.2) is 67.0 Å². The molecular weight excluding hydrogens is 314 g/mol. The lowest BCUT2D eigenvalue weighted by atomic mass is 10.1. The predicted molar refractivity (Wildman–Crippen MR) is 97.4 cm³/mol. The Hall–Kier alpha value is -3.05. The van der Waals surface area contributed by atoms with Crippen molar-refractivity contribution in [3.63, 3.8) is 0 Å². The zero-order chi connectivity index (χ0) is 17.6. The molecule has 5 nitrogen and oxygen atoms in total. The molecule has 0 saturated heterocycles. The molecular formula is C20H19N3O2. The van der Waals surface area contributed by atoms with Gasteiger partial charge in [0, 0.05) is 23.7 Å². The molecule has 0 fully saturated rings. The molecule has 126 valence electrons. The van der Waals surface area contributed by atoms with Gasteiger partial charge in [-0.3, -0.25) is 4.79 Å². The second kappa shape index (κ2) is 7.68. The largest absolute Gasteiger partial charge is 0.387 e.